The summed E-state index contributed by atoms with van der Waals surface area (Å²) < 4.78 is 93.1. The van der Waals surface area contributed by atoms with Gasteiger partial charge in [0.05, 0.1) is 35.3 Å². The molecule has 18 heteroatoms. The molecule has 2 aliphatic carbocycles. The molecule has 7 rings (SSSR count). The number of pyridine rings is 1. The molecule has 0 aliphatic heterocycles. The third-order valence-electron chi connectivity index (χ3n) is 9.09. The topological polar surface area (TPSA) is 106 Å². The van der Waals surface area contributed by atoms with Crippen molar-refractivity contribution in [2.24, 2.45) is 7.05 Å². The van der Waals surface area contributed by atoms with Crippen LogP contribution in [0.2, 0.25) is 0 Å². The summed E-state index contributed by atoms with van der Waals surface area (Å²) in [6.07, 6.45) is -4.33. The van der Waals surface area contributed by atoms with E-state index in [0.717, 1.165) is 58.4 Å². The second kappa shape index (κ2) is 15.8. The number of nitrogens with zero attached hydrogens (tertiary/aromatic N) is 6. The highest BCUT2D eigenvalue weighted by atomic mass is 79.9. The summed E-state index contributed by atoms with van der Waals surface area (Å²) in [4.78, 5) is 35.8. The molecule has 3 aromatic heterocycles. The van der Waals surface area contributed by atoms with Crippen molar-refractivity contribution in [3.63, 3.8) is 0 Å². The second-order valence-corrected chi connectivity index (χ2v) is 15.7. The Morgan fingerprint density at radius 3 is 1.79 bits per heavy atom. The lowest BCUT2D eigenvalue weighted by Gasteiger charge is -2.24. The smallest absolute Gasteiger partial charge is 0.443 e. The van der Waals surface area contributed by atoms with E-state index in [1.165, 1.54) is 16.5 Å². The van der Waals surface area contributed by atoms with Gasteiger partial charge in [0.25, 0.3) is 5.56 Å². The molecular formula is C38H41BrF6N6O5. The minimum atomic E-state index is -4.70. The summed E-state index contributed by atoms with van der Waals surface area (Å²) >= 11 is 3.38. The van der Waals surface area contributed by atoms with E-state index in [1.54, 1.807) is 50.7 Å². The van der Waals surface area contributed by atoms with E-state index < -0.39 is 37.6 Å². The van der Waals surface area contributed by atoms with E-state index in [-0.39, 0.29) is 30.3 Å². The molecule has 11 nitrogen and oxygen atoms in total. The van der Waals surface area contributed by atoms with E-state index in [4.69, 9.17) is 4.74 Å². The number of rotatable bonds is 10. The van der Waals surface area contributed by atoms with Crippen molar-refractivity contribution < 1.29 is 45.3 Å². The average molecular weight is 856 g/mol. The SMILES string of the molecule is CN(C(=O)OC(C)(C)C)c1cc(-c2ccc3nc(C4CC4)n(CCOC(F)(F)F)c3c2)cn(C)c1=O.FC(F)(F)OCCn1c(C2CC2)nc2ccc(Br)cc21. The largest absolute Gasteiger partial charge is 0.522 e. The number of carbonyl (C=O) groups excluding carboxylic acids is 1. The molecule has 0 saturated heterocycles. The normalized spacial score (nSPS) is 14.9. The maximum absolute atomic E-state index is 12.8. The first-order valence-electron chi connectivity index (χ1n) is 17.9. The van der Waals surface area contributed by atoms with Gasteiger partial charge in [-0.05, 0) is 88.4 Å². The molecule has 2 aliphatic rings. The molecule has 0 bridgehead atoms. The predicted molar refractivity (Wildman–Crippen MR) is 200 cm³/mol. The molecule has 0 radical (unpaired) electrons. The van der Waals surface area contributed by atoms with Crippen LogP contribution in [0.4, 0.5) is 36.8 Å². The fraction of sp³-hybridized carbons (Fsp3) is 0.474. The highest BCUT2D eigenvalue weighted by molar-refractivity contribution is 9.10. The molecular weight excluding hydrogens is 814 g/mol. The van der Waals surface area contributed by atoms with Crippen LogP contribution >= 0.6 is 15.9 Å². The molecule has 0 unspecified atom stereocenters. The van der Waals surface area contributed by atoms with Gasteiger partial charge in [-0.1, -0.05) is 22.0 Å². The maximum Gasteiger partial charge on any atom is 0.522 e. The van der Waals surface area contributed by atoms with Gasteiger partial charge < -0.3 is 18.4 Å². The summed E-state index contributed by atoms with van der Waals surface area (Å²) in [5.74, 6) is 2.20. The van der Waals surface area contributed by atoms with Crippen LogP contribution in [-0.2, 0) is 34.3 Å². The Hall–Kier alpha value is -4.42. The molecule has 302 valence electrons. The summed E-state index contributed by atoms with van der Waals surface area (Å²) in [6.45, 7) is 4.44. The van der Waals surface area contributed by atoms with Gasteiger partial charge in [-0.25, -0.2) is 14.8 Å². The zero-order valence-corrected chi connectivity index (χ0v) is 32.9. The second-order valence-electron chi connectivity index (χ2n) is 14.8. The summed E-state index contributed by atoms with van der Waals surface area (Å²) in [6, 6.07) is 12.7. The molecule has 2 saturated carbocycles. The summed E-state index contributed by atoms with van der Waals surface area (Å²) in [7, 11) is 3.05. The summed E-state index contributed by atoms with van der Waals surface area (Å²) in [5, 5.41) is 0. The van der Waals surface area contributed by atoms with Gasteiger partial charge in [0.15, 0.2) is 0 Å². The molecule has 0 N–H and O–H groups in total. The quantitative estimate of drug-likeness (QED) is 0.129. The van der Waals surface area contributed by atoms with Gasteiger partial charge in [-0.2, -0.15) is 0 Å². The van der Waals surface area contributed by atoms with Crippen molar-refractivity contribution in [1.82, 2.24) is 23.7 Å². The Morgan fingerprint density at radius 2 is 1.30 bits per heavy atom. The zero-order chi connectivity index (χ0) is 40.7. The number of carbonyl (C=O) groups is 1. The van der Waals surface area contributed by atoms with E-state index in [0.29, 0.717) is 22.5 Å². The van der Waals surface area contributed by atoms with Crippen LogP contribution in [0.25, 0.3) is 33.2 Å². The molecule has 2 fully saturated rings. The van der Waals surface area contributed by atoms with Gasteiger partial charge in [-0.15, -0.1) is 26.3 Å². The fourth-order valence-corrected chi connectivity index (χ4v) is 6.59. The maximum atomic E-state index is 12.8. The highest BCUT2D eigenvalue weighted by Gasteiger charge is 2.33. The number of aromatic nitrogens is 5. The number of hydrogen-bond donors (Lipinski definition) is 0. The van der Waals surface area contributed by atoms with Crippen LogP contribution in [0.5, 0.6) is 0 Å². The van der Waals surface area contributed by atoms with Crippen LogP contribution in [0.15, 0.2) is 57.9 Å². The van der Waals surface area contributed by atoms with Crippen molar-refractivity contribution in [3.8, 4) is 11.1 Å². The van der Waals surface area contributed by atoms with E-state index in [2.05, 4.69) is 35.4 Å². The number of amides is 1. The van der Waals surface area contributed by atoms with Gasteiger partial charge >= 0.3 is 18.8 Å². The van der Waals surface area contributed by atoms with Gasteiger partial charge in [0, 0.05) is 55.3 Å². The van der Waals surface area contributed by atoms with Crippen LogP contribution < -0.4 is 10.5 Å². The minimum Gasteiger partial charge on any atom is -0.443 e. The number of hydrogen-bond acceptors (Lipinski definition) is 7. The number of benzene rings is 2. The zero-order valence-electron chi connectivity index (χ0n) is 31.3. The minimum absolute atomic E-state index is 0.00516. The van der Waals surface area contributed by atoms with Crippen molar-refractivity contribution in [2.75, 3.05) is 25.2 Å². The number of ether oxygens (including phenoxy) is 3. The average Bonchev–Trinajstić information content (AvgIpc) is 4.04. The standard InChI is InChI=1S/C25H29F3N4O4.C13H12BrF3N2O/c1-24(2,3)36-23(34)31(5)20-13-17(14-30(4)22(20)33)16-8-9-18-19(12-16)32(10-11-35-25(26,27)28)21(29-18)15-6-7-15;14-9-3-4-10-11(7-9)19(5-6-20-13(15,16)17)12(18-10)8-1-2-8/h8-9,12-15H,6-7,10-11H2,1-5H3;3-4,7-8H,1-2,5-6H2. The Kier molecular flexibility index (Phi) is 11.7. The van der Waals surface area contributed by atoms with Crippen LogP contribution in [0.1, 0.15) is 69.9 Å². The van der Waals surface area contributed by atoms with E-state index in [1.807, 2.05) is 34.9 Å². The van der Waals surface area contributed by atoms with Gasteiger partial charge in [0.1, 0.15) is 22.9 Å². The van der Waals surface area contributed by atoms with Crippen LogP contribution in [0, 0.1) is 0 Å². The summed E-state index contributed by atoms with van der Waals surface area (Å²) in [5.41, 5.74) is 3.39. The lowest BCUT2D eigenvalue weighted by molar-refractivity contribution is -0.326. The lowest BCUT2D eigenvalue weighted by Crippen LogP contribution is -2.37. The predicted octanol–water partition coefficient (Wildman–Crippen LogP) is 9.40. The van der Waals surface area contributed by atoms with Crippen LogP contribution in [-0.4, -0.2) is 68.3 Å². The van der Waals surface area contributed by atoms with Gasteiger partial charge in [0.2, 0.25) is 0 Å². The van der Waals surface area contributed by atoms with Gasteiger partial charge in [-0.3, -0.25) is 19.2 Å². The first-order chi connectivity index (χ1) is 26.2. The van der Waals surface area contributed by atoms with Crippen molar-refractivity contribution >= 4 is 49.8 Å². The number of aryl methyl sites for hydroxylation is 1. The number of fused-ring (bicyclic) bond motifs is 2. The van der Waals surface area contributed by atoms with Crippen molar-refractivity contribution in [3.05, 3.63) is 75.1 Å². The molecule has 56 heavy (non-hydrogen) atoms. The van der Waals surface area contributed by atoms with E-state index in [9.17, 15) is 35.9 Å². The Bertz CT molecular complexity index is 2290. The first kappa shape index (κ1) is 41.2. The molecule has 2 aromatic carbocycles. The number of anilines is 1. The highest BCUT2D eigenvalue weighted by Crippen LogP contribution is 2.42. The molecule has 1 amide bonds. The first-order valence-corrected chi connectivity index (χ1v) is 18.7. The molecule has 3 heterocycles. The molecule has 0 atom stereocenters. The van der Waals surface area contributed by atoms with Crippen LogP contribution in [0.3, 0.4) is 0 Å². The Morgan fingerprint density at radius 1 is 0.804 bits per heavy atom. The van der Waals surface area contributed by atoms with Crippen molar-refractivity contribution in [1.29, 1.82) is 0 Å². The van der Waals surface area contributed by atoms with E-state index >= 15 is 0 Å². The third kappa shape index (κ3) is 10.3. The number of alkyl halides is 6. The Labute approximate surface area is 326 Å². The Balaban J connectivity index is 0.000000223. The fourth-order valence-electron chi connectivity index (χ4n) is 6.24. The number of imidazole rings is 2. The third-order valence-corrected chi connectivity index (χ3v) is 9.58. The van der Waals surface area contributed by atoms with Crippen molar-refractivity contribution in [2.45, 2.75) is 89.7 Å². The number of halogens is 7. The molecule has 5 aromatic rings. The lowest BCUT2D eigenvalue weighted by atomic mass is 10.1. The molecule has 0 spiro atoms. The monoisotopic (exact) mass is 854 g/mol.